The minimum Gasteiger partial charge on any atom is -0.466 e. The van der Waals surface area contributed by atoms with Crippen molar-refractivity contribution in [1.29, 1.82) is 0 Å². The van der Waals surface area contributed by atoms with Gasteiger partial charge in [-0.1, -0.05) is 42.5 Å². The van der Waals surface area contributed by atoms with Crippen molar-refractivity contribution in [2.24, 2.45) is 0 Å². The van der Waals surface area contributed by atoms with E-state index in [0.29, 0.717) is 0 Å². The SMILES string of the molecule is [CH2-][NH+]1CCN(CC=Cc2ccccc2)CC1. The molecule has 1 aromatic rings. The van der Waals surface area contributed by atoms with Crippen LogP contribution in [0.15, 0.2) is 36.4 Å². The fourth-order valence-corrected chi connectivity index (χ4v) is 1.95. The molecule has 0 amide bonds. The summed E-state index contributed by atoms with van der Waals surface area (Å²) in [5, 5.41) is 0. The maximum atomic E-state index is 4.03. The molecule has 0 unspecified atom stereocenters. The van der Waals surface area contributed by atoms with Crippen LogP contribution >= 0.6 is 0 Å². The molecule has 0 aromatic heterocycles. The van der Waals surface area contributed by atoms with Gasteiger partial charge < -0.3 is 4.90 Å². The van der Waals surface area contributed by atoms with E-state index in [2.05, 4.69) is 48.4 Å². The van der Waals surface area contributed by atoms with Crippen LogP contribution in [0, 0.1) is 7.05 Å². The molecule has 2 nitrogen and oxygen atoms in total. The van der Waals surface area contributed by atoms with Crippen LogP contribution in [-0.4, -0.2) is 37.6 Å². The van der Waals surface area contributed by atoms with Gasteiger partial charge in [-0.25, -0.2) is 0 Å². The van der Waals surface area contributed by atoms with Crippen LogP contribution in [0.3, 0.4) is 0 Å². The fraction of sp³-hybridized carbons (Fsp3) is 0.357. The summed E-state index contributed by atoms with van der Waals surface area (Å²) in [5.41, 5.74) is 1.28. The van der Waals surface area contributed by atoms with Crippen LogP contribution in [0.2, 0.25) is 0 Å². The molecule has 0 bridgehead atoms. The minimum absolute atomic E-state index is 1.06. The lowest BCUT2D eigenvalue weighted by atomic mass is 10.2. The van der Waals surface area contributed by atoms with Gasteiger partial charge in [0.1, 0.15) is 0 Å². The van der Waals surface area contributed by atoms with Crippen molar-refractivity contribution >= 4 is 6.08 Å². The molecule has 1 aliphatic rings. The van der Waals surface area contributed by atoms with E-state index in [1.807, 2.05) is 6.07 Å². The first kappa shape index (κ1) is 11.4. The molecule has 1 aromatic carbocycles. The van der Waals surface area contributed by atoms with Crippen LogP contribution in [0.5, 0.6) is 0 Å². The summed E-state index contributed by atoms with van der Waals surface area (Å²) < 4.78 is 0. The molecule has 2 rings (SSSR count). The molecule has 1 heterocycles. The molecule has 0 aliphatic carbocycles. The predicted octanol–water partition coefficient (Wildman–Crippen LogP) is 0.692. The molecule has 1 saturated heterocycles. The third kappa shape index (κ3) is 3.47. The van der Waals surface area contributed by atoms with Crippen molar-refractivity contribution in [1.82, 2.24) is 4.90 Å². The highest BCUT2D eigenvalue weighted by molar-refractivity contribution is 5.48. The van der Waals surface area contributed by atoms with Crippen molar-refractivity contribution < 1.29 is 4.90 Å². The van der Waals surface area contributed by atoms with Gasteiger partial charge in [-0.15, -0.1) is 0 Å². The lowest BCUT2D eigenvalue weighted by Crippen LogP contribution is -3.10. The van der Waals surface area contributed by atoms with Gasteiger partial charge in [0.25, 0.3) is 0 Å². The second-order valence-electron chi connectivity index (χ2n) is 4.36. The molecule has 2 heteroatoms. The maximum Gasteiger partial charge on any atom is 0.0660 e. The number of hydrogen-bond donors (Lipinski definition) is 1. The first-order valence-electron chi connectivity index (χ1n) is 5.95. The Morgan fingerprint density at radius 2 is 1.88 bits per heavy atom. The number of benzene rings is 1. The van der Waals surface area contributed by atoms with E-state index >= 15 is 0 Å². The Bertz CT molecular complexity index is 324. The number of quaternary nitrogens is 1. The average Bonchev–Trinajstić information content (AvgIpc) is 2.33. The van der Waals surface area contributed by atoms with Crippen molar-refractivity contribution in [2.75, 3.05) is 32.7 Å². The summed E-state index contributed by atoms with van der Waals surface area (Å²) in [7, 11) is 4.03. The lowest BCUT2D eigenvalue weighted by molar-refractivity contribution is -0.858. The van der Waals surface area contributed by atoms with E-state index in [0.717, 1.165) is 19.6 Å². The maximum absolute atomic E-state index is 4.03. The van der Waals surface area contributed by atoms with Gasteiger partial charge in [-0.05, 0) is 5.56 Å². The molecule has 0 radical (unpaired) electrons. The third-order valence-electron chi connectivity index (χ3n) is 3.04. The normalized spacial score (nSPS) is 19.3. The molecule has 1 N–H and O–H groups in total. The second kappa shape index (κ2) is 5.83. The first-order valence-corrected chi connectivity index (χ1v) is 5.95. The van der Waals surface area contributed by atoms with E-state index in [1.165, 1.54) is 23.6 Å². The Hall–Kier alpha value is -1.12. The van der Waals surface area contributed by atoms with Crippen LogP contribution in [0.4, 0.5) is 0 Å². The number of nitrogens with zero attached hydrogens (tertiary/aromatic N) is 1. The predicted molar refractivity (Wildman–Crippen MR) is 68.0 cm³/mol. The summed E-state index contributed by atoms with van der Waals surface area (Å²) in [5.74, 6) is 0. The van der Waals surface area contributed by atoms with Crippen molar-refractivity contribution in [2.45, 2.75) is 0 Å². The Labute approximate surface area is 98.2 Å². The quantitative estimate of drug-likeness (QED) is 0.731. The molecule has 1 fully saturated rings. The Balaban J connectivity index is 1.77. The zero-order valence-corrected chi connectivity index (χ0v) is 9.73. The topological polar surface area (TPSA) is 7.68 Å². The van der Waals surface area contributed by atoms with Gasteiger partial charge in [0.15, 0.2) is 0 Å². The largest absolute Gasteiger partial charge is 0.466 e. The van der Waals surface area contributed by atoms with Gasteiger partial charge in [-0.3, -0.25) is 4.90 Å². The Morgan fingerprint density at radius 3 is 2.56 bits per heavy atom. The lowest BCUT2D eigenvalue weighted by Gasteiger charge is -2.33. The summed E-state index contributed by atoms with van der Waals surface area (Å²) in [6, 6.07) is 10.5. The van der Waals surface area contributed by atoms with Crippen LogP contribution in [0.1, 0.15) is 5.56 Å². The average molecular weight is 216 g/mol. The standard InChI is InChI=1S/C14H20N2/c1-15-10-12-16(13-11-15)9-5-8-14-6-3-2-4-7-14/h2-8,15H,1,9-13H2. The van der Waals surface area contributed by atoms with Gasteiger partial charge >= 0.3 is 0 Å². The number of piperazine rings is 1. The second-order valence-corrected chi connectivity index (χ2v) is 4.36. The van der Waals surface area contributed by atoms with E-state index in [9.17, 15) is 0 Å². The Kier molecular flexibility index (Phi) is 4.14. The summed E-state index contributed by atoms with van der Waals surface area (Å²) >= 11 is 0. The molecular weight excluding hydrogens is 196 g/mol. The van der Waals surface area contributed by atoms with Gasteiger partial charge in [0.05, 0.1) is 13.1 Å². The molecule has 86 valence electrons. The molecule has 0 saturated carbocycles. The highest BCUT2D eigenvalue weighted by Crippen LogP contribution is 2.01. The summed E-state index contributed by atoms with van der Waals surface area (Å²) in [6.07, 6.45) is 4.45. The number of rotatable bonds is 3. The summed E-state index contributed by atoms with van der Waals surface area (Å²) in [6.45, 7) is 5.72. The van der Waals surface area contributed by atoms with Gasteiger partial charge in [0, 0.05) is 19.6 Å². The minimum atomic E-state index is 1.06. The monoisotopic (exact) mass is 216 g/mol. The van der Waals surface area contributed by atoms with Crippen LogP contribution in [0.25, 0.3) is 6.08 Å². The van der Waals surface area contributed by atoms with Crippen LogP contribution in [-0.2, 0) is 0 Å². The van der Waals surface area contributed by atoms with E-state index in [-0.39, 0.29) is 0 Å². The summed E-state index contributed by atoms with van der Waals surface area (Å²) in [4.78, 5) is 3.89. The molecule has 0 spiro atoms. The Morgan fingerprint density at radius 1 is 1.19 bits per heavy atom. The zero-order valence-electron chi connectivity index (χ0n) is 9.73. The zero-order chi connectivity index (χ0) is 11.2. The van der Waals surface area contributed by atoms with Gasteiger partial charge in [0.2, 0.25) is 0 Å². The molecule has 0 atom stereocenters. The third-order valence-corrected chi connectivity index (χ3v) is 3.04. The van der Waals surface area contributed by atoms with E-state index in [4.69, 9.17) is 0 Å². The highest BCUT2D eigenvalue weighted by Gasteiger charge is 2.11. The molecule has 1 aliphatic heterocycles. The number of hydrogen-bond acceptors (Lipinski definition) is 1. The fourth-order valence-electron chi connectivity index (χ4n) is 1.95. The molecule has 16 heavy (non-hydrogen) atoms. The first-order chi connectivity index (χ1) is 7.84. The van der Waals surface area contributed by atoms with Gasteiger partial charge in [-0.2, -0.15) is 7.05 Å². The highest BCUT2D eigenvalue weighted by atomic mass is 15.2. The smallest absolute Gasteiger partial charge is 0.0660 e. The van der Waals surface area contributed by atoms with Crippen LogP contribution < -0.4 is 4.90 Å². The van der Waals surface area contributed by atoms with Crippen molar-refractivity contribution in [3.63, 3.8) is 0 Å². The number of nitrogens with one attached hydrogen (secondary N) is 1. The molecular formula is C14H20N2. The van der Waals surface area contributed by atoms with Crippen molar-refractivity contribution in [3.8, 4) is 0 Å². The van der Waals surface area contributed by atoms with E-state index in [1.54, 1.807) is 0 Å². The van der Waals surface area contributed by atoms with Crippen molar-refractivity contribution in [3.05, 3.63) is 49.0 Å². The van der Waals surface area contributed by atoms with E-state index < -0.39 is 0 Å².